The van der Waals surface area contributed by atoms with Crippen molar-refractivity contribution in [1.29, 1.82) is 0 Å². The van der Waals surface area contributed by atoms with Crippen molar-refractivity contribution in [2.45, 2.75) is 19.9 Å². The molecule has 0 spiro atoms. The van der Waals surface area contributed by atoms with E-state index >= 15 is 0 Å². The zero-order valence-corrected chi connectivity index (χ0v) is 13.6. The fourth-order valence-electron chi connectivity index (χ4n) is 2.92. The van der Waals surface area contributed by atoms with Crippen LogP contribution in [0.1, 0.15) is 22.8 Å². The van der Waals surface area contributed by atoms with Crippen molar-refractivity contribution in [3.05, 3.63) is 29.5 Å². The minimum atomic E-state index is -3.39. The minimum absolute atomic E-state index is 0.0403. The van der Waals surface area contributed by atoms with Gasteiger partial charge in [-0.15, -0.1) is 0 Å². The maximum atomic E-state index is 12.3. The summed E-state index contributed by atoms with van der Waals surface area (Å²) in [4.78, 5) is 11.9. The Bertz CT molecular complexity index is 867. The summed E-state index contributed by atoms with van der Waals surface area (Å²) in [6, 6.07) is 3.37. The number of carbonyl (C=O) groups is 1. The Labute approximate surface area is 129 Å². The highest BCUT2D eigenvalue weighted by Gasteiger charge is 2.28. The maximum Gasteiger partial charge on any atom is 0.337 e. The molecule has 6 nitrogen and oxygen atoms in total. The molecule has 22 heavy (non-hydrogen) atoms. The molecule has 0 atom stereocenters. The van der Waals surface area contributed by atoms with Crippen molar-refractivity contribution in [2.24, 2.45) is 0 Å². The number of carbonyl (C=O) groups excluding carboxylic acids is 1. The molecule has 0 radical (unpaired) electrons. The van der Waals surface area contributed by atoms with Crippen molar-refractivity contribution in [3.8, 4) is 0 Å². The second-order valence-electron chi connectivity index (χ2n) is 5.37. The van der Waals surface area contributed by atoms with Crippen LogP contribution in [0.3, 0.4) is 0 Å². The van der Waals surface area contributed by atoms with Gasteiger partial charge in [0.05, 0.1) is 29.6 Å². The smallest absolute Gasteiger partial charge is 0.337 e. The molecule has 1 aliphatic heterocycles. The van der Waals surface area contributed by atoms with Crippen molar-refractivity contribution < 1.29 is 17.9 Å². The van der Waals surface area contributed by atoms with E-state index in [1.807, 2.05) is 17.7 Å². The Morgan fingerprint density at radius 2 is 2.09 bits per heavy atom. The first-order valence-electron chi connectivity index (χ1n) is 7.09. The van der Waals surface area contributed by atoms with Gasteiger partial charge in [0.1, 0.15) is 0 Å². The molecular formula is C15H18N2O4S. The molecule has 0 amide bonds. The lowest BCUT2D eigenvalue weighted by molar-refractivity contribution is 0.0601. The maximum absolute atomic E-state index is 12.3. The first-order chi connectivity index (χ1) is 10.4. The Kier molecular flexibility index (Phi) is 3.40. The average molecular weight is 322 g/mol. The molecule has 3 rings (SSSR count). The van der Waals surface area contributed by atoms with E-state index in [9.17, 15) is 13.2 Å². The second kappa shape index (κ2) is 5.01. The summed E-state index contributed by atoms with van der Waals surface area (Å²) in [5.41, 5.74) is 2.83. The fourth-order valence-corrected chi connectivity index (χ4v) is 4.06. The van der Waals surface area contributed by atoms with Crippen molar-refractivity contribution in [3.63, 3.8) is 0 Å². The normalized spacial score (nSPS) is 16.6. The van der Waals surface area contributed by atoms with Gasteiger partial charge >= 0.3 is 5.97 Å². The van der Waals surface area contributed by atoms with Crippen LogP contribution in [0.25, 0.3) is 10.9 Å². The van der Waals surface area contributed by atoms with E-state index in [1.165, 1.54) is 18.5 Å². The molecule has 0 saturated carbocycles. The van der Waals surface area contributed by atoms with Gasteiger partial charge in [0.2, 0.25) is 10.0 Å². The number of hydrogen-bond donors (Lipinski definition) is 0. The Hall–Kier alpha value is -2.02. The predicted octanol–water partition coefficient (Wildman–Crippen LogP) is 1.77. The largest absolute Gasteiger partial charge is 0.465 e. The van der Waals surface area contributed by atoms with Crippen LogP contribution in [0.4, 0.5) is 5.69 Å². The number of benzene rings is 1. The number of hydrogen-bond acceptors (Lipinski definition) is 4. The molecule has 1 aliphatic rings. The third kappa shape index (κ3) is 2.08. The minimum Gasteiger partial charge on any atom is -0.465 e. The number of esters is 1. The average Bonchev–Trinajstić information content (AvgIpc) is 2.84. The molecule has 1 aromatic carbocycles. The van der Waals surface area contributed by atoms with Crippen LogP contribution in [-0.2, 0) is 27.7 Å². The zero-order valence-electron chi connectivity index (χ0n) is 12.8. The molecule has 118 valence electrons. The van der Waals surface area contributed by atoms with Gasteiger partial charge in [-0.3, -0.25) is 4.31 Å². The number of methoxy groups -OCH3 is 1. The number of sulfonamides is 1. The van der Waals surface area contributed by atoms with Gasteiger partial charge < -0.3 is 9.30 Å². The van der Waals surface area contributed by atoms with Gasteiger partial charge in [0.25, 0.3) is 0 Å². The SMILES string of the molecule is CCc1cn2c3c(cc(C(=O)OC)cc13)N(C)S(=O)(=O)CC2. The Balaban J connectivity index is 2.40. The van der Waals surface area contributed by atoms with Crippen LogP contribution in [0.5, 0.6) is 0 Å². The quantitative estimate of drug-likeness (QED) is 0.790. The van der Waals surface area contributed by atoms with E-state index in [-0.39, 0.29) is 5.75 Å². The van der Waals surface area contributed by atoms with Gasteiger partial charge in [-0.05, 0) is 24.1 Å². The number of aromatic nitrogens is 1. The summed E-state index contributed by atoms with van der Waals surface area (Å²) in [7, 11) is -0.547. The zero-order chi connectivity index (χ0) is 16.1. The molecule has 0 bridgehead atoms. The molecule has 0 unspecified atom stereocenters. The summed E-state index contributed by atoms with van der Waals surface area (Å²) < 4.78 is 32.6. The lowest BCUT2D eigenvalue weighted by atomic mass is 10.1. The van der Waals surface area contributed by atoms with E-state index in [2.05, 4.69) is 0 Å². The van der Waals surface area contributed by atoms with Crippen LogP contribution in [0.2, 0.25) is 0 Å². The summed E-state index contributed by atoms with van der Waals surface area (Å²) in [5.74, 6) is -0.429. The molecule has 0 aliphatic carbocycles. The second-order valence-corrected chi connectivity index (χ2v) is 7.49. The Morgan fingerprint density at radius 1 is 1.36 bits per heavy atom. The van der Waals surface area contributed by atoms with Crippen LogP contribution >= 0.6 is 0 Å². The summed E-state index contributed by atoms with van der Waals surface area (Å²) >= 11 is 0. The van der Waals surface area contributed by atoms with Crippen LogP contribution in [-0.4, -0.2) is 38.9 Å². The van der Waals surface area contributed by atoms with E-state index in [0.29, 0.717) is 17.8 Å². The van der Waals surface area contributed by atoms with E-state index in [4.69, 9.17) is 4.74 Å². The molecule has 2 aromatic rings. The molecule has 0 N–H and O–H groups in total. The van der Waals surface area contributed by atoms with Gasteiger partial charge in [0.15, 0.2) is 0 Å². The standard InChI is InChI=1S/C15H18N2O4S/c1-4-10-9-17-5-6-22(19,20)16(2)13-8-11(15(18)21-3)7-12(10)14(13)17/h7-9H,4-6H2,1-3H3. The van der Waals surface area contributed by atoms with E-state index in [1.54, 1.807) is 12.1 Å². The molecule has 2 heterocycles. The first kappa shape index (κ1) is 14.9. The Morgan fingerprint density at radius 3 is 2.73 bits per heavy atom. The highest BCUT2D eigenvalue weighted by Crippen LogP contribution is 2.35. The lowest BCUT2D eigenvalue weighted by Crippen LogP contribution is -2.28. The number of aryl methyl sites for hydroxylation is 2. The summed E-state index contributed by atoms with van der Waals surface area (Å²) in [5, 5.41) is 0.907. The van der Waals surface area contributed by atoms with Gasteiger partial charge in [0, 0.05) is 25.2 Å². The van der Waals surface area contributed by atoms with Gasteiger partial charge in [-0.1, -0.05) is 6.92 Å². The highest BCUT2D eigenvalue weighted by atomic mass is 32.2. The van der Waals surface area contributed by atoms with Crippen LogP contribution in [0, 0.1) is 0 Å². The number of rotatable bonds is 2. The first-order valence-corrected chi connectivity index (χ1v) is 8.70. The lowest BCUT2D eigenvalue weighted by Gasteiger charge is -2.18. The summed E-state index contributed by atoms with van der Waals surface area (Å²) in [6.45, 7) is 2.45. The molecule has 7 heteroatoms. The number of nitrogens with zero attached hydrogens (tertiary/aromatic N) is 2. The van der Waals surface area contributed by atoms with Gasteiger partial charge in [-0.25, -0.2) is 13.2 Å². The molecule has 1 aromatic heterocycles. The summed E-state index contributed by atoms with van der Waals surface area (Å²) in [6.07, 6.45) is 2.79. The van der Waals surface area contributed by atoms with Crippen LogP contribution < -0.4 is 4.31 Å². The van der Waals surface area contributed by atoms with Crippen molar-refractivity contribution in [1.82, 2.24) is 4.57 Å². The monoisotopic (exact) mass is 322 g/mol. The predicted molar refractivity (Wildman–Crippen MR) is 84.8 cm³/mol. The van der Waals surface area contributed by atoms with E-state index in [0.717, 1.165) is 22.9 Å². The third-order valence-electron chi connectivity index (χ3n) is 4.18. The molecule has 0 saturated heterocycles. The third-order valence-corrected chi connectivity index (χ3v) is 5.91. The van der Waals surface area contributed by atoms with Gasteiger partial charge in [-0.2, -0.15) is 0 Å². The fraction of sp³-hybridized carbons (Fsp3) is 0.400. The molecular weight excluding hydrogens is 304 g/mol. The number of anilines is 1. The van der Waals surface area contributed by atoms with E-state index < -0.39 is 16.0 Å². The molecule has 0 fully saturated rings. The van der Waals surface area contributed by atoms with Crippen molar-refractivity contribution >= 4 is 32.6 Å². The van der Waals surface area contributed by atoms with Crippen LogP contribution in [0.15, 0.2) is 18.3 Å². The number of ether oxygens (including phenoxy) is 1. The van der Waals surface area contributed by atoms with Crippen molar-refractivity contribution in [2.75, 3.05) is 24.2 Å². The highest BCUT2D eigenvalue weighted by molar-refractivity contribution is 7.92. The topological polar surface area (TPSA) is 68.6 Å².